The fourth-order valence-electron chi connectivity index (χ4n) is 2.46. The van der Waals surface area contributed by atoms with Gasteiger partial charge in [0.1, 0.15) is 0 Å². The summed E-state index contributed by atoms with van der Waals surface area (Å²) in [7, 11) is 0. The molecule has 3 nitrogen and oxygen atoms in total. The average Bonchev–Trinajstić information content (AvgIpc) is 2.41. The van der Waals surface area contributed by atoms with Gasteiger partial charge in [-0.3, -0.25) is 4.79 Å². The van der Waals surface area contributed by atoms with Crippen LogP contribution in [0.2, 0.25) is 0 Å². The predicted molar refractivity (Wildman–Crippen MR) is 87.7 cm³/mol. The van der Waals surface area contributed by atoms with E-state index in [2.05, 4.69) is 13.8 Å². The average molecular weight is 315 g/mol. The number of carbonyl (C=O) groups is 1. The lowest BCUT2D eigenvalue weighted by atomic mass is 9.79. The Labute approximate surface area is 131 Å². The van der Waals surface area contributed by atoms with Crippen LogP contribution in [0.15, 0.2) is 29.2 Å². The molecule has 20 heavy (non-hydrogen) atoms. The lowest BCUT2D eigenvalue weighted by Gasteiger charge is -2.42. The fourth-order valence-corrected chi connectivity index (χ4v) is 2.87. The molecule has 0 bridgehead atoms. The Hall–Kier alpha value is -0.710. The quantitative estimate of drug-likeness (QED) is 0.854. The zero-order valence-electron chi connectivity index (χ0n) is 12.3. The van der Waals surface area contributed by atoms with Gasteiger partial charge in [0.2, 0.25) is 0 Å². The second-order valence-corrected chi connectivity index (χ2v) is 6.72. The molecule has 1 heterocycles. The van der Waals surface area contributed by atoms with E-state index < -0.39 is 0 Å². The Morgan fingerprint density at radius 3 is 2.45 bits per heavy atom. The van der Waals surface area contributed by atoms with E-state index in [1.807, 2.05) is 35.4 Å². The van der Waals surface area contributed by atoms with Crippen LogP contribution in [0.3, 0.4) is 0 Å². The number of benzene rings is 1. The minimum Gasteiger partial charge on any atom is -0.338 e. The lowest BCUT2D eigenvalue weighted by molar-refractivity contribution is 0.0533. The summed E-state index contributed by atoms with van der Waals surface area (Å²) in [6.07, 6.45) is 2.91. The number of halogens is 1. The standard InChI is InChI=1S/C15H22N2OS.ClH/c1-15(2)10-17(9-8-13(15)16)14(18)11-4-6-12(19-3)7-5-11;/h4-7,13H,8-10,16H2,1-3H3;1H. The van der Waals surface area contributed by atoms with Crippen LogP contribution in [0.1, 0.15) is 30.6 Å². The molecule has 1 aromatic carbocycles. The number of carbonyl (C=O) groups excluding carboxylic acids is 1. The van der Waals surface area contributed by atoms with Crippen molar-refractivity contribution >= 4 is 30.1 Å². The number of piperidine rings is 1. The number of rotatable bonds is 2. The molecule has 1 fully saturated rings. The zero-order chi connectivity index (χ0) is 14.0. The van der Waals surface area contributed by atoms with E-state index in [0.717, 1.165) is 25.1 Å². The maximum atomic E-state index is 12.5. The van der Waals surface area contributed by atoms with Crippen LogP contribution < -0.4 is 5.73 Å². The van der Waals surface area contributed by atoms with Crippen molar-refractivity contribution in [1.82, 2.24) is 4.90 Å². The van der Waals surface area contributed by atoms with Gasteiger partial charge < -0.3 is 10.6 Å². The van der Waals surface area contributed by atoms with Gasteiger partial charge in [-0.05, 0) is 42.4 Å². The highest BCUT2D eigenvalue weighted by Crippen LogP contribution is 2.28. The van der Waals surface area contributed by atoms with Crippen molar-refractivity contribution in [2.24, 2.45) is 11.1 Å². The highest BCUT2D eigenvalue weighted by Gasteiger charge is 2.35. The summed E-state index contributed by atoms with van der Waals surface area (Å²) in [6.45, 7) is 5.76. The monoisotopic (exact) mass is 314 g/mol. The third kappa shape index (κ3) is 3.68. The van der Waals surface area contributed by atoms with E-state index >= 15 is 0 Å². The highest BCUT2D eigenvalue weighted by molar-refractivity contribution is 7.98. The number of nitrogens with zero attached hydrogens (tertiary/aromatic N) is 1. The molecule has 1 atom stereocenters. The van der Waals surface area contributed by atoms with E-state index in [4.69, 9.17) is 5.73 Å². The molecule has 0 radical (unpaired) electrons. The molecule has 1 saturated heterocycles. The number of likely N-dealkylation sites (tertiary alicyclic amines) is 1. The van der Waals surface area contributed by atoms with Crippen LogP contribution in [-0.2, 0) is 0 Å². The van der Waals surface area contributed by atoms with Crippen molar-refractivity contribution in [1.29, 1.82) is 0 Å². The molecule has 0 aliphatic carbocycles. The highest BCUT2D eigenvalue weighted by atomic mass is 35.5. The molecule has 0 aromatic heterocycles. The molecular weight excluding hydrogens is 292 g/mol. The SMILES string of the molecule is CSc1ccc(C(=O)N2CCC(N)C(C)(C)C2)cc1.Cl. The van der Waals surface area contributed by atoms with Gasteiger partial charge in [-0.15, -0.1) is 24.2 Å². The van der Waals surface area contributed by atoms with Crippen LogP contribution in [0, 0.1) is 5.41 Å². The maximum absolute atomic E-state index is 12.5. The number of amides is 1. The van der Waals surface area contributed by atoms with Gasteiger partial charge in [0.05, 0.1) is 0 Å². The Kier molecular flexibility index (Phi) is 5.92. The van der Waals surface area contributed by atoms with Crippen LogP contribution >= 0.6 is 24.2 Å². The van der Waals surface area contributed by atoms with Gasteiger partial charge in [-0.1, -0.05) is 13.8 Å². The zero-order valence-corrected chi connectivity index (χ0v) is 13.9. The summed E-state index contributed by atoms with van der Waals surface area (Å²) in [6, 6.07) is 8.00. The largest absolute Gasteiger partial charge is 0.338 e. The Balaban J connectivity index is 0.00000200. The molecule has 2 N–H and O–H groups in total. The molecule has 2 rings (SSSR count). The molecule has 112 valence electrons. The molecule has 5 heteroatoms. The smallest absolute Gasteiger partial charge is 0.253 e. The van der Waals surface area contributed by atoms with Gasteiger partial charge in [0.25, 0.3) is 5.91 Å². The van der Waals surface area contributed by atoms with Gasteiger partial charge in [0, 0.05) is 29.6 Å². The van der Waals surface area contributed by atoms with Crippen LogP contribution in [0.25, 0.3) is 0 Å². The normalized spacial score (nSPS) is 21.2. The maximum Gasteiger partial charge on any atom is 0.253 e. The molecule has 1 aromatic rings. The summed E-state index contributed by atoms with van der Waals surface area (Å²) < 4.78 is 0. The summed E-state index contributed by atoms with van der Waals surface area (Å²) >= 11 is 1.68. The van der Waals surface area contributed by atoms with Crippen molar-refractivity contribution in [3.63, 3.8) is 0 Å². The number of thioether (sulfide) groups is 1. The number of hydrogen-bond donors (Lipinski definition) is 1. The van der Waals surface area contributed by atoms with Crippen LogP contribution in [0.4, 0.5) is 0 Å². The van der Waals surface area contributed by atoms with E-state index in [9.17, 15) is 4.79 Å². The summed E-state index contributed by atoms with van der Waals surface area (Å²) in [4.78, 5) is 15.6. The number of nitrogens with two attached hydrogens (primary N) is 1. The van der Waals surface area contributed by atoms with Crippen LogP contribution in [0.5, 0.6) is 0 Å². The Bertz CT molecular complexity index is 461. The van der Waals surface area contributed by atoms with Gasteiger partial charge >= 0.3 is 0 Å². The predicted octanol–water partition coefficient (Wildman–Crippen LogP) is 3.03. The van der Waals surface area contributed by atoms with Crippen molar-refractivity contribution < 1.29 is 4.79 Å². The number of hydrogen-bond acceptors (Lipinski definition) is 3. The topological polar surface area (TPSA) is 46.3 Å². The first-order valence-electron chi connectivity index (χ1n) is 6.63. The second kappa shape index (κ2) is 6.83. The third-order valence-electron chi connectivity index (χ3n) is 3.94. The first-order valence-corrected chi connectivity index (χ1v) is 7.85. The Morgan fingerprint density at radius 2 is 1.95 bits per heavy atom. The van der Waals surface area contributed by atoms with Gasteiger partial charge in [-0.2, -0.15) is 0 Å². The van der Waals surface area contributed by atoms with E-state index in [1.54, 1.807) is 11.8 Å². The van der Waals surface area contributed by atoms with Crippen molar-refractivity contribution in [3.05, 3.63) is 29.8 Å². The molecule has 1 aliphatic rings. The first-order chi connectivity index (χ1) is 8.94. The van der Waals surface area contributed by atoms with E-state index in [1.165, 1.54) is 4.90 Å². The van der Waals surface area contributed by atoms with Crippen LogP contribution in [-0.4, -0.2) is 36.2 Å². The summed E-state index contributed by atoms with van der Waals surface area (Å²) in [5.41, 5.74) is 6.87. The molecule has 1 unspecified atom stereocenters. The van der Waals surface area contributed by atoms with Crippen molar-refractivity contribution in [2.75, 3.05) is 19.3 Å². The lowest BCUT2D eigenvalue weighted by Crippen LogP contribution is -2.53. The Morgan fingerprint density at radius 1 is 1.35 bits per heavy atom. The minimum absolute atomic E-state index is 0. The minimum atomic E-state index is -0.00682. The molecule has 0 spiro atoms. The van der Waals surface area contributed by atoms with Crippen molar-refractivity contribution in [3.8, 4) is 0 Å². The van der Waals surface area contributed by atoms with Gasteiger partial charge in [0.15, 0.2) is 0 Å². The van der Waals surface area contributed by atoms with E-state index in [-0.39, 0.29) is 29.8 Å². The van der Waals surface area contributed by atoms with E-state index in [0.29, 0.717) is 0 Å². The third-order valence-corrected chi connectivity index (χ3v) is 4.68. The fraction of sp³-hybridized carbons (Fsp3) is 0.533. The molecule has 1 amide bonds. The summed E-state index contributed by atoms with van der Waals surface area (Å²) in [5, 5.41) is 0. The van der Waals surface area contributed by atoms with Gasteiger partial charge in [-0.25, -0.2) is 0 Å². The van der Waals surface area contributed by atoms with Crippen molar-refractivity contribution in [2.45, 2.75) is 31.2 Å². The summed E-state index contributed by atoms with van der Waals surface area (Å²) in [5.74, 6) is 0.118. The molecule has 1 aliphatic heterocycles. The first kappa shape index (κ1) is 17.3. The molecule has 0 saturated carbocycles. The molecular formula is C15H23ClN2OS. The second-order valence-electron chi connectivity index (χ2n) is 5.84.